The smallest absolute Gasteiger partial charge is 0.341 e. The molecule has 1 saturated carbocycles. The zero-order valence-corrected chi connectivity index (χ0v) is 15.3. The highest BCUT2D eigenvalue weighted by Gasteiger charge is 2.80. The zero-order valence-electron chi connectivity index (χ0n) is 15.3. The molecule has 4 aliphatic rings. The number of benzene rings is 1. The summed E-state index contributed by atoms with van der Waals surface area (Å²) in [6.45, 7) is 0.840. The Morgan fingerprint density at radius 3 is 2.75 bits per heavy atom. The Bertz CT molecular complexity index is 1160. The van der Waals surface area contributed by atoms with Gasteiger partial charge in [0.1, 0.15) is 11.3 Å². The Kier molecular flexibility index (Phi) is 2.62. The number of aromatic nitrogens is 1. The first-order valence-electron chi connectivity index (χ1n) is 9.47. The monoisotopic (exact) mass is 380 g/mol. The van der Waals surface area contributed by atoms with Gasteiger partial charge in [0.15, 0.2) is 0 Å². The molecule has 2 heterocycles. The quantitative estimate of drug-likeness (QED) is 0.574. The minimum absolute atomic E-state index is 0.0644. The number of aromatic amines is 1. The molecule has 7 nitrogen and oxygen atoms in total. The van der Waals surface area contributed by atoms with Gasteiger partial charge in [-0.1, -0.05) is 6.07 Å². The van der Waals surface area contributed by atoms with Crippen LogP contribution >= 0.6 is 0 Å². The lowest BCUT2D eigenvalue weighted by Gasteiger charge is -2.61. The largest absolute Gasteiger partial charge is 0.508 e. The van der Waals surface area contributed by atoms with Gasteiger partial charge in [-0.05, 0) is 48.4 Å². The van der Waals surface area contributed by atoms with E-state index in [4.69, 9.17) is 0 Å². The molecule has 1 aromatic carbocycles. The fraction of sp³-hybridized carbons (Fsp3) is 0.429. The first kappa shape index (κ1) is 16.3. The Balaban J connectivity index is 1.62. The lowest BCUT2D eigenvalue weighted by Crippen LogP contribution is -2.74. The molecule has 2 fully saturated rings. The molecular formula is C21H20N2O5. The lowest BCUT2D eigenvalue weighted by molar-refractivity contribution is -0.126. The maximum atomic E-state index is 12.3. The molecule has 6 rings (SSSR count). The molecule has 7 heteroatoms. The number of carbonyl (C=O) groups is 1. The summed E-state index contributed by atoms with van der Waals surface area (Å²) in [6, 6.07) is 6.80. The molecule has 2 spiro atoms. The predicted octanol–water partition coefficient (Wildman–Crippen LogP) is 0.515. The number of aliphatic hydroxyl groups is 1. The first-order chi connectivity index (χ1) is 13.2. The van der Waals surface area contributed by atoms with E-state index in [0.717, 1.165) is 18.5 Å². The molecule has 1 aliphatic heterocycles. The molecule has 144 valence electrons. The van der Waals surface area contributed by atoms with Crippen LogP contribution < -0.4 is 5.56 Å². The molecule has 1 aromatic heterocycles. The Morgan fingerprint density at radius 1 is 1.25 bits per heavy atom. The molecule has 2 aromatic rings. The number of carboxylic acids is 1. The van der Waals surface area contributed by atoms with Crippen LogP contribution in [-0.4, -0.2) is 56.4 Å². The predicted molar refractivity (Wildman–Crippen MR) is 98.9 cm³/mol. The van der Waals surface area contributed by atoms with E-state index in [1.807, 2.05) is 13.1 Å². The van der Waals surface area contributed by atoms with Crippen molar-refractivity contribution in [1.29, 1.82) is 0 Å². The van der Waals surface area contributed by atoms with Gasteiger partial charge in [-0.25, -0.2) is 4.79 Å². The number of likely N-dealkylation sites (N-methyl/N-ethyl adjacent to an activating group) is 1. The summed E-state index contributed by atoms with van der Waals surface area (Å²) >= 11 is 0. The summed E-state index contributed by atoms with van der Waals surface area (Å²) in [5.41, 5.74) is 0.777. The van der Waals surface area contributed by atoms with Crippen LogP contribution in [0, 0.1) is 0 Å². The normalized spacial score (nSPS) is 36.9. The van der Waals surface area contributed by atoms with Crippen LogP contribution in [0.15, 0.2) is 29.1 Å². The Labute approximate surface area is 160 Å². The van der Waals surface area contributed by atoms with Crippen molar-refractivity contribution in [2.45, 2.75) is 41.7 Å². The Morgan fingerprint density at radius 2 is 2.04 bits per heavy atom. The number of phenols is 1. The van der Waals surface area contributed by atoms with Crippen molar-refractivity contribution in [3.63, 3.8) is 0 Å². The van der Waals surface area contributed by atoms with Gasteiger partial charge in [-0.15, -0.1) is 0 Å². The van der Waals surface area contributed by atoms with Gasteiger partial charge in [0.05, 0.1) is 11.6 Å². The van der Waals surface area contributed by atoms with Gasteiger partial charge in [0.2, 0.25) is 0 Å². The standard InChI is InChI=1S/C21H20N2O5/c1-23-9-19-8-20(14-5-11(24)2-3-13(14)19)7-15-10(6-21(20,28)18(19)23)4-12(17(26)27)16(25)22-15/h2-5,18,24,28H,6-9H2,1H3,(H,22,25)(H,26,27)/t18-,19?,20+,21-/m1/s1. The fourth-order valence-corrected chi connectivity index (χ4v) is 7.13. The molecule has 2 bridgehead atoms. The molecule has 4 atom stereocenters. The van der Waals surface area contributed by atoms with E-state index in [1.54, 1.807) is 12.1 Å². The van der Waals surface area contributed by atoms with Gasteiger partial charge in [-0.2, -0.15) is 0 Å². The number of nitrogens with one attached hydrogen (secondary N) is 1. The minimum atomic E-state index is -1.27. The second kappa shape index (κ2) is 4.50. The van der Waals surface area contributed by atoms with Crippen molar-refractivity contribution in [2.75, 3.05) is 13.6 Å². The van der Waals surface area contributed by atoms with Crippen molar-refractivity contribution in [3.8, 4) is 5.75 Å². The highest BCUT2D eigenvalue weighted by Crippen LogP contribution is 2.72. The van der Waals surface area contributed by atoms with Crippen molar-refractivity contribution < 1.29 is 20.1 Å². The second-order valence-corrected chi connectivity index (χ2v) is 9.06. The number of nitrogens with zero attached hydrogens (tertiary/aromatic N) is 1. The third kappa shape index (κ3) is 1.50. The summed E-state index contributed by atoms with van der Waals surface area (Å²) in [7, 11) is 2.01. The number of aromatic hydroxyl groups is 1. The number of likely N-dealkylation sites (tertiary alicyclic amines) is 1. The summed E-state index contributed by atoms with van der Waals surface area (Å²) in [5.74, 6) is -1.10. The average molecular weight is 380 g/mol. The molecule has 3 aliphatic carbocycles. The molecule has 4 N–H and O–H groups in total. The summed E-state index contributed by atoms with van der Waals surface area (Å²) in [6.07, 6.45) is 1.48. The number of fused-ring (bicyclic) bond motifs is 3. The van der Waals surface area contributed by atoms with E-state index in [0.29, 0.717) is 17.7 Å². The molecular weight excluding hydrogens is 360 g/mol. The Hall–Kier alpha value is -2.64. The van der Waals surface area contributed by atoms with Crippen LogP contribution in [0.2, 0.25) is 0 Å². The third-order valence-electron chi connectivity index (χ3n) is 7.83. The SMILES string of the molecule is CN1CC23C[C@@]4(Cc5[nH]c(=O)c(C(=O)O)cc5C[C@@]4(O)[C@H]12)c1cc(O)ccc13. The van der Waals surface area contributed by atoms with Crippen molar-refractivity contribution >= 4 is 5.97 Å². The number of aromatic carboxylic acids is 1. The summed E-state index contributed by atoms with van der Waals surface area (Å²) in [4.78, 5) is 28.6. The lowest BCUT2D eigenvalue weighted by atomic mass is 9.55. The number of H-pyrrole nitrogens is 1. The minimum Gasteiger partial charge on any atom is -0.508 e. The van der Waals surface area contributed by atoms with E-state index in [9.17, 15) is 24.9 Å². The average Bonchev–Trinajstić information content (AvgIpc) is 2.97. The van der Waals surface area contributed by atoms with E-state index < -0.39 is 22.5 Å². The number of hydrogen-bond donors (Lipinski definition) is 4. The van der Waals surface area contributed by atoms with E-state index in [-0.39, 0.29) is 29.2 Å². The van der Waals surface area contributed by atoms with Gasteiger partial charge in [0, 0.05) is 35.9 Å². The molecule has 28 heavy (non-hydrogen) atoms. The summed E-state index contributed by atoms with van der Waals surface area (Å²) in [5, 5.41) is 31.5. The highest BCUT2D eigenvalue weighted by molar-refractivity contribution is 5.87. The number of pyridine rings is 1. The van der Waals surface area contributed by atoms with E-state index >= 15 is 0 Å². The van der Waals surface area contributed by atoms with Crippen LogP contribution in [0.25, 0.3) is 0 Å². The van der Waals surface area contributed by atoms with Gasteiger partial charge >= 0.3 is 5.97 Å². The molecule has 1 saturated heterocycles. The van der Waals surface area contributed by atoms with Crippen molar-refractivity contribution in [3.05, 3.63) is 62.6 Å². The zero-order chi connectivity index (χ0) is 19.6. The number of hydrogen-bond acceptors (Lipinski definition) is 5. The van der Waals surface area contributed by atoms with Gasteiger partial charge < -0.3 is 20.3 Å². The number of carboxylic acid groups (broad SMARTS) is 1. The van der Waals surface area contributed by atoms with Crippen molar-refractivity contribution in [2.24, 2.45) is 0 Å². The van der Waals surface area contributed by atoms with E-state index in [2.05, 4.69) is 9.88 Å². The molecule has 0 amide bonds. The fourth-order valence-electron chi connectivity index (χ4n) is 7.13. The van der Waals surface area contributed by atoms with Crippen molar-refractivity contribution in [1.82, 2.24) is 9.88 Å². The summed E-state index contributed by atoms with van der Waals surface area (Å²) < 4.78 is 0. The second-order valence-electron chi connectivity index (χ2n) is 9.06. The van der Waals surface area contributed by atoms with Crippen LogP contribution in [-0.2, 0) is 23.7 Å². The van der Waals surface area contributed by atoms with Crippen LogP contribution in [0.5, 0.6) is 5.75 Å². The first-order valence-corrected chi connectivity index (χ1v) is 9.47. The van der Waals surface area contributed by atoms with Crippen LogP contribution in [0.3, 0.4) is 0 Å². The number of phenolic OH excluding ortho intramolecular Hbond substituents is 1. The number of rotatable bonds is 1. The highest BCUT2D eigenvalue weighted by atomic mass is 16.4. The maximum absolute atomic E-state index is 12.3. The molecule has 0 radical (unpaired) electrons. The molecule has 1 unspecified atom stereocenters. The topological polar surface area (TPSA) is 114 Å². The maximum Gasteiger partial charge on any atom is 0.341 e. The van der Waals surface area contributed by atoms with E-state index in [1.165, 1.54) is 11.6 Å². The van der Waals surface area contributed by atoms with Gasteiger partial charge in [-0.3, -0.25) is 9.69 Å². The van der Waals surface area contributed by atoms with Gasteiger partial charge in [0.25, 0.3) is 5.56 Å². The van der Waals surface area contributed by atoms with Crippen LogP contribution in [0.1, 0.15) is 39.2 Å². The third-order valence-corrected chi connectivity index (χ3v) is 7.83. The van der Waals surface area contributed by atoms with Crippen LogP contribution in [0.4, 0.5) is 0 Å².